The molecule has 0 saturated heterocycles. The van der Waals surface area contributed by atoms with E-state index in [4.69, 9.17) is 9.79 Å². The molecule has 0 atom stereocenters. The third kappa shape index (κ3) is 8.56. The number of rotatable bonds is 9. The fourth-order valence-corrected chi connectivity index (χ4v) is 3.13. The van der Waals surface area contributed by atoms with Gasteiger partial charge in [-0.3, -0.25) is 4.57 Å². The quantitative estimate of drug-likeness (QED) is 0.532. The summed E-state index contributed by atoms with van der Waals surface area (Å²) in [4.78, 5) is 17.4. The third-order valence-corrected chi connectivity index (χ3v) is 4.38. The molecule has 0 aliphatic rings. The minimum absolute atomic E-state index is 0.0436. The van der Waals surface area contributed by atoms with Crippen molar-refractivity contribution >= 4 is 18.9 Å². The van der Waals surface area contributed by atoms with E-state index in [9.17, 15) is 4.57 Å². The van der Waals surface area contributed by atoms with Gasteiger partial charge in [0.1, 0.15) is 0 Å². The van der Waals surface area contributed by atoms with E-state index in [0.717, 1.165) is 19.3 Å². The molecule has 0 unspecified atom stereocenters. The summed E-state index contributed by atoms with van der Waals surface area (Å²) in [5.41, 5.74) is 1.43. The average molecular weight is 276 g/mol. The van der Waals surface area contributed by atoms with E-state index < -0.39 is 7.60 Å². The monoisotopic (exact) mass is 276 g/mol. The average Bonchev–Trinajstić information content (AvgIpc) is 2.73. The Labute approximate surface area is 107 Å². The van der Waals surface area contributed by atoms with Crippen LogP contribution in [0.3, 0.4) is 0 Å². The molecule has 5 heteroatoms. The van der Waals surface area contributed by atoms with E-state index in [0.29, 0.717) is 6.42 Å². The van der Waals surface area contributed by atoms with Crippen LogP contribution in [0, 0.1) is 0 Å². The van der Waals surface area contributed by atoms with Crippen LogP contribution in [0.25, 0.3) is 0 Å². The molecule has 0 bridgehead atoms. The fraction of sp³-hybridized carbons (Fsp3) is 0.667. The zero-order chi connectivity index (χ0) is 12.6. The lowest BCUT2D eigenvalue weighted by atomic mass is 10.1. The first-order chi connectivity index (χ1) is 8.08. The minimum Gasteiger partial charge on any atom is -0.324 e. The van der Waals surface area contributed by atoms with Gasteiger partial charge in [-0.15, -0.1) is 0 Å². The summed E-state index contributed by atoms with van der Waals surface area (Å²) >= 11 is 1.74. The molecule has 1 rings (SSSR count). The predicted molar refractivity (Wildman–Crippen MR) is 72.6 cm³/mol. The van der Waals surface area contributed by atoms with Gasteiger partial charge in [0.25, 0.3) is 0 Å². The molecule has 0 aromatic carbocycles. The Balaban J connectivity index is 1.86. The first-order valence-corrected chi connectivity index (χ1v) is 8.87. The Hall–Kier alpha value is -0.150. The summed E-state index contributed by atoms with van der Waals surface area (Å²) < 4.78 is 10.6. The summed E-state index contributed by atoms with van der Waals surface area (Å²) in [5.74, 6) is 0. The van der Waals surface area contributed by atoms with E-state index >= 15 is 0 Å². The van der Waals surface area contributed by atoms with Crippen LogP contribution >= 0.6 is 18.9 Å². The smallest absolute Gasteiger partial charge is 0.324 e. The Morgan fingerprint density at radius 1 is 1.06 bits per heavy atom. The SMILES string of the molecule is O=P(O)(O)CCCCCCCCc1ccsc1. The van der Waals surface area contributed by atoms with Crippen molar-refractivity contribution in [2.45, 2.75) is 44.9 Å². The molecule has 1 aromatic heterocycles. The predicted octanol–water partition coefficient (Wildman–Crippen LogP) is 3.81. The standard InChI is InChI=1S/C12H21O3PS/c13-16(14,15)9-6-4-2-1-3-5-7-12-8-10-17-11-12/h8,10-11H,1-7,9H2,(H2,13,14,15). The summed E-state index contributed by atoms with van der Waals surface area (Å²) in [6.07, 6.45) is 7.47. The number of hydrogen-bond donors (Lipinski definition) is 2. The van der Waals surface area contributed by atoms with Crippen molar-refractivity contribution < 1.29 is 14.4 Å². The second-order valence-corrected chi connectivity index (χ2v) is 6.95. The van der Waals surface area contributed by atoms with Crippen LogP contribution in [0.1, 0.15) is 44.1 Å². The molecule has 0 saturated carbocycles. The maximum absolute atomic E-state index is 10.6. The second-order valence-electron chi connectivity index (χ2n) is 4.39. The van der Waals surface area contributed by atoms with Crippen molar-refractivity contribution in [3.05, 3.63) is 22.4 Å². The molecular formula is C12H21O3PS. The van der Waals surface area contributed by atoms with Crippen molar-refractivity contribution in [1.29, 1.82) is 0 Å². The number of unbranched alkanes of at least 4 members (excludes halogenated alkanes) is 5. The van der Waals surface area contributed by atoms with Crippen LogP contribution in [0.4, 0.5) is 0 Å². The zero-order valence-electron chi connectivity index (χ0n) is 10.0. The number of thiophene rings is 1. The van der Waals surface area contributed by atoms with Crippen molar-refractivity contribution in [2.75, 3.05) is 6.16 Å². The van der Waals surface area contributed by atoms with Gasteiger partial charge >= 0.3 is 7.60 Å². The van der Waals surface area contributed by atoms with Crippen molar-refractivity contribution in [1.82, 2.24) is 0 Å². The maximum Gasteiger partial charge on any atom is 0.325 e. The van der Waals surface area contributed by atoms with Gasteiger partial charge in [-0.05, 0) is 41.7 Å². The van der Waals surface area contributed by atoms with Gasteiger partial charge in [0.15, 0.2) is 0 Å². The highest BCUT2D eigenvalue weighted by molar-refractivity contribution is 7.51. The molecule has 17 heavy (non-hydrogen) atoms. The van der Waals surface area contributed by atoms with Crippen LogP contribution in [-0.4, -0.2) is 15.9 Å². The van der Waals surface area contributed by atoms with E-state index in [-0.39, 0.29) is 6.16 Å². The van der Waals surface area contributed by atoms with Gasteiger partial charge in [0.2, 0.25) is 0 Å². The van der Waals surface area contributed by atoms with Crippen molar-refractivity contribution in [3.8, 4) is 0 Å². The molecule has 0 spiro atoms. The Bertz CT molecular complexity index is 332. The van der Waals surface area contributed by atoms with Gasteiger partial charge in [-0.1, -0.05) is 25.7 Å². The van der Waals surface area contributed by atoms with Gasteiger partial charge < -0.3 is 9.79 Å². The zero-order valence-corrected chi connectivity index (χ0v) is 11.8. The molecule has 3 nitrogen and oxygen atoms in total. The maximum atomic E-state index is 10.6. The summed E-state index contributed by atoms with van der Waals surface area (Å²) in [6.45, 7) is 0. The molecular weight excluding hydrogens is 255 g/mol. The molecule has 1 heterocycles. The van der Waals surface area contributed by atoms with E-state index in [1.54, 1.807) is 11.3 Å². The van der Waals surface area contributed by atoms with Gasteiger partial charge in [0.05, 0.1) is 0 Å². The van der Waals surface area contributed by atoms with E-state index in [2.05, 4.69) is 16.8 Å². The second kappa shape index (κ2) is 8.04. The molecule has 2 N–H and O–H groups in total. The largest absolute Gasteiger partial charge is 0.325 e. The highest BCUT2D eigenvalue weighted by Gasteiger charge is 2.10. The van der Waals surface area contributed by atoms with E-state index in [1.807, 2.05) is 0 Å². The summed E-state index contributed by atoms with van der Waals surface area (Å²) in [6, 6.07) is 2.17. The Morgan fingerprint density at radius 3 is 2.29 bits per heavy atom. The highest BCUT2D eigenvalue weighted by atomic mass is 32.1. The van der Waals surface area contributed by atoms with Crippen LogP contribution < -0.4 is 0 Å². The van der Waals surface area contributed by atoms with Gasteiger partial charge in [-0.2, -0.15) is 11.3 Å². The van der Waals surface area contributed by atoms with Crippen LogP contribution in [0.15, 0.2) is 16.8 Å². The van der Waals surface area contributed by atoms with Crippen molar-refractivity contribution in [3.63, 3.8) is 0 Å². The van der Waals surface area contributed by atoms with E-state index in [1.165, 1.54) is 24.8 Å². The normalized spacial score (nSPS) is 11.9. The number of hydrogen-bond acceptors (Lipinski definition) is 2. The first-order valence-electron chi connectivity index (χ1n) is 6.13. The molecule has 0 radical (unpaired) electrons. The molecule has 1 aromatic rings. The highest BCUT2D eigenvalue weighted by Crippen LogP contribution is 2.35. The minimum atomic E-state index is -3.76. The first kappa shape index (κ1) is 14.9. The van der Waals surface area contributed by atoms with Crippen LogP contribution in [0.5, 0.6) is 0 Å². The lowest BCUT2D eigenvalue weighted by Gasteiger charge is -2.03. The Morgan fingerprint density at radius 2 is 1.71 bits per heavy atom. The Kier molecular flexibility index (Phi) is 7.05. The molecule has 0 fully saturated rings. The molecule has 98 valence electrons. The van der Waals surface area contributed by atoms with Crippen LogP contribution in [-0.2, 0) is 11.0 Å². The van der Waals surface area contributed by atoms with Gasteiger partial charge in [-0.25, -0.2) is 0 Å². The van der Waals surface area contributed by atoms with Crippen molar-refractivity contribution in [2.24, 2.45) is 0 Å². The number of aryl methyl sites for hydroxylation is 1. The van der Waals surface area contributed by atoms with Crippen LogP contribution in [0.2, 0.25) is 0 Å². The molecule has 0 aliphatic carbocycles. The summed E-state index contributed by atoms with van der Waals surface area (Å²) in [7, 11) is -3.76. The third-order valence-electron chi connectivity index (χ3n) is 2.74. The fourth-order valence-electron chi connectivity index (χ4n) is 1.79. The molecule has 0 aliphatic heterocycles. The molecule has 0 amide bonds. The lowest BCUT2D eigenvalue weighted by Crippen LogP contribution is -1.88. The lowest BCUT2D eigenvalue weighted by molar-refractivity contribution is 0.370. The summed E-state index contributed by atoms with van der Waals surface area (Å²) in [5, 5.41) is 4.30. The topological polar surface area (TPSA) is 57.5 Å². The van der Waals surface area contributed by atoms with Gasteiger partial charge in [0, 0.05) is 6.16 Å².